The average Bonchev–Trinajstić information content (AvgIpc) is 2.64. The van der Waals surface area contributed by atoms with Crippen LogP contribution in [-0.4, -0.2) is 41.0 Å². The minimum atomic E-state index is -0.952. The number of carbonyl (C=O) groups excluding carboxylic acids is 4. The van der Waals surface area contributed by atoms with Crippen LogP contribution in [0.15, 0.2) is 12.1 Å². The highest BCUT2D eigenvalue weighted by molar-refractivity contribution is 6.63. The fraction of sp³-hybridized carbons (Fsp3) is 0.524. The van der Waals surface area contributed by atoms with Gasteiger partial charge in [0.25, 0.3) is 11.7 Å². The average molecular weight is 389 g/mol. The summed E-state index contributed by atoms with van der Waals surface area (Å²) in [6, 6.07) is 2.77. The van der Waals surface area contributed by atoms with Gasteiger partial charge in [-0.1, -0.05) is 6.92 Å². The topological polar surface area (TPSA) is 110 Å². The maximum Gasteiger partial charge on any atom is 0.264 e. The number of benzene rings is 1. The molecule has 1 aliphatic heterocycles. The van der Waals surface area contributed by atoms with Crippen LogP contribution in [0.2, 0.25) is 0 Å². The second kappa shape index (κ2) is 9.48. The highest BCUT2D eigenvalue weighted by Crippen LogP contribution is 2.30. The molecule has 7 nitrogen and oxygen atoms in total. The molecule has 0 radical (unpaired) electrons. The number of hydrogen-bond donors (Lipinski definition) is 2. The Balaban J connectivity index is 2.40. The number of rotatable bonds is 2. The molecule has 0 aliphatic carbocycles. The molecule has 0 saturated heterocycles. The summed E-state index contributed by atoms with van der Waals surface area (Å²) < 4.78 is 5.43. The van der Waals surface area contributed by atoms with E-state index in [9.17, 15) is 24.3 Å². The molecule has 2 rings (SSSR count). The van der Waals surface area contributed by atoms with Crippen LogP contribution in [-0.2, 0) is 20.8 Å². The molecular weight excluding hydrogens is 362 g/mol. The van der Waals surface area contributed by atoms with Crippen molar-refractivity contribution in [2.24, 2.45) is 5.92 Å². The number of aromatic hydroxyl groups is 1. The standard InChI is InChI=1S/C21H27NO6/c1-4-28-15-10-14-6-5-7-16(23)20(26)17(24)9-8-12(2)13(3)22-21(27)19(14)18(25)11-15/h10-13,25H,4-9H2,1-3H3,(H,22,27)/t12-,13+/m1/s1. The van der Waals surface area contributed by atoms with Crippen LogP contribution in [0, 0.1) is 5.92 Å². The van der Waals surface area contributed by atoms with Gasteiger partial charge in [-0.2, -0.15) is 0 Å². The highest BCUT2D eigenvalue weighted by Gasteiger charge is 2.26. The Morgan fingerprint density at radius 3 is 2.43 bits per heavy atom. The summed E-state index contributed by atoms with van der Waals surface area (Å²) in [5.74, 6) is -2.61. The zero-order chi connectivity index (χ0) is 20.8. The van der Waals surface area contributed by atoms with Gasteiger partial charge in [0, 0.05) is 24.9 Å². The molecule has 0 bridgehead atoms. The summed E-state index contributed by atoms with van der Waals surface area (Å²) in [4.78, 5) is 48.8. The smallest absolute Gasteiger partial charge is 0.264 e. The number of phenols is 1. The van der Waals surface area contributed by atoms with E-state index in [-0.39, 0.29) is 49.0 Å². The monoisotopic (exact) mass is 389 g/mol. The Labute approximate surface area is 164 Å². The molecule has 1 aromatic rings. The van der Waals surface area contributed by atoms with Crippen LogP contribution >= 0.6 is 0 Å². The molecular formula is C21H27NO6. The number of phenolic OH excluding ortho intramolecular Hbond substituents is 1. The van der Waals surface area contributed by atoms with Crippen LogP contribution in [0.25, 0.3) is 0 Å². The first-order valence-electron chi connectivity index (χ1n) is 9.64. The van der Waals surface area contributed by atoms with Crippen molar-refractivity contribution in [1.82, 2.24) is 5.32 Å². The largest absolute Gasteiger partial charge is 0.507 e. The van der Waals surface area contributed by atoms with Gasteiger partial charge in [-0.25, -0.2) is 0 Å². The molecule has 0 spiro atoms. The Morgan fingerprint density at radius 2 is 1.75 bits per heavy atom. The molecule has 1 heterocycles. The molecule has 7 heteroatoms. The molecule has 1 aliphatic rings. The van der Waals surface area contributed by atoms with Crippen LogP contribution < -0.4 is 10.1 Å². The lowest BCUT2D eigenvalue weighted by Crippen LogP contribution is -2.38. The van der Waals surface area contributed by atoms with Gasteiger partial charge in [0.15, 0.2) is 0 Å². The van der Waals surface area contributed by atoms with Gasteiger partial charge < -0.3 is 15.2 Å². The SMILES string of the molecule is CCOc1cc(O)c2c(c1)CCCC(=O)C(=O)C(=O)CC[C@@H](C)[C@H](C)NC2=O. The van der Waals surface area contributed by atoms with Crippen molar-refractivity contribution < 1.29 is 29.0 Å². The zero-order valence-corrected chi connectivity index (χ0v) is 16.5. The van der Waals surface area contributed by atoms with Crippen molar-refractivity contribution in [2.45, 2.75) is 58.9 Å². The van der Waals surface area contributed by atoms with E-state index >= 15 is 0 Å². The highest BCUT2D eigenvalue weighted by atomic mass is 16.5. The van der Waals surface area contributed by atoms with E-state index < -0.39 is 23.3 Å². The normalized spacial score (nSPS) is 22.2. The van der Waals surface area contributed by atoms with Gasteiger partial charge in [0.2, 0.25) is 11.6 Å². The molecule has 152 valence electrons. The summed E-state index contributed by atoms with van der Waals surface area (Å²) in [5.41, 5.74) is 0.679. The van der Waals surface area contributed by atoms with Crippen LogP contribution in [0.3, 0.4) is 0 Å². The Morgan fingerprint density at radius 1 is 1.07 bits per heavy atom. The molecule has 0 fully saturated rings. The number of Topliss-reactive ketones (excluding diaryl/α,β-unsaturated/α-hetero) is 3. The molecule has 28 heavy (non-hydrogen) atoms. The summed E-state index contributed by atoms with van der Waals surface area (Å²) in [7, 11) is 0. The number of fused-ring (bicyclic) bond motifs is 1. The first-order chi connectivity index (χ1) is 13.2. The second-order valence-corrected chi connectivity index (χ2v) is 7.22. The molecule has 2 N–H and O–H groups in total. The maximum absolute atomic E-state index is 12.8. The van der Waals surface area contributed by atoms with Crippen molar-refractivity contribution in [3.8, 4) is 11.5 Å². The minimum absolute atomic E-state index is 0.0223. The van der Waals surface area contributed by atoms with Crippen LogP contribution in [0.1, 0.15) is 62.4 Å². The van der Waals surface area contributed by atoms with Gasteiger partial charge in [-0.05, 0) is 50.7 Å². The number of ketones is 3. The molecule has 0 saturated carbocycles. The molecule has 0 unspecified atom stereocenters. The van der Waals surface area contributed by atoms with E-state index in [0.717, 1.165) is 0 Å². The summed E-state index contributed by atoms with van der Waals surface area (Å²) >= 11 is 0. The third-order valence-corrected chi connectivity index (χ3v) is 5.11. The predicted molar refractivity (Wildman–Crippen MR) is 103 cm³/mol. The van der Waals surface area contributed by atoms with Crippen molar-refractivity contribution in [3.05, 3.63) is 23.3 Å². The fourth-order valence-corrected chi connectivity index (χ4v) is 3.22. The van der Waals surface area contributed by atoms with E-state index in [1.807, 2.05) is 6.92 Å². The van der Waals surface area contributed by atoms with E-state index in [2.05, 4.69) is 5.32 Å². The first-order valence-corrected chi connectivity index (χ1v) is 9.64. The van der Waals surface area contributed by atoms with Crippen molar-refractivity contribution >= 4 is 23.3 Å². The van der Waals surface area contributed by atoms with Crippen LogP contribution in [0.4, 0.5) is 0 Å². The third-order valence-electron chi connectivity index (χ3n) is 5.11. The third kappa shape index (κ3) is 5.18. The number of nitrogens with one attached hydrogen (secondary N) is 1. The minimum Gasteiger partial charge on any atom is -0.507 e. The van der Waals surface area contributed by atoms with Gasteiger partial charge in [0.1, 0.15) is 11.5 Å². The van der Waals surface area contributed by atoms with E-state index in [1.165, 1.54) is 6.07 Å². The lowest BCUT2D eigenvalue weighted by molar-refractivity contribution is -0.144. The Kier molecular flexibility index (Phi) is 7.31. The fourth-order valence-electron chi connectivity index (χ4n) is 3.22. The Hall–Kier alpha value is -2.70. The van der Waals surface area contributed by atoms with Gasteiger partial charge >= 0.3 is 0 Å². The number of amides is 1. The van der Waals surface area contributed by atoms with E-state index in [4.69, 9.17) is 4.74 Å². The van der Waals surface area contributed by atoms with Crippen molar-refractivity contribution in [2.75, 3.05) is 6.61 Å². The molecule has 1 aromatic carbocycles. The molecule has 1 amide bonds. The maximum atomic E-state index is 12.8. The summed E-state index contributed by atoms with van der Waals surface area (Å²) in [6.45, 7) is 5.86. The predicted octanol–water partition coefficient (Wildman–Crippen LogP) is 2.37. The lowest BCUT2D eigenvalue weighted by Gasteiger charge is -2.22. The Bertz CT molecular complexity index is 785. The van der Waals surface area contributed by atoms with Gasteiger partial charge in [-0.15, -0.1) is 0 Å². The second-order valence-electron chi connectivity index (χ2n) is 7.22. The summed E-state index contributed by atoms with van der Waals surface area (Å²) in [5, 5.41) is 13.3. The summed E-state index contributed by atoms with van der Waals surface area (Å²) in [6.07, 6.45) is 0.831. The first kappa shape index (κ1) is 21.6. The number of aryl methyl sites for hydroxylation is 1. The zero-order valence-electron chi connectivity index (χ0n) is 16.5. The quantitative estimate of drug-likeness (QED) is 0.752. The number of ether oxygens (including phenoxy) is 1. The van der Waals surface area contributed by atoms with Crippen molar-refractivity contribution in [1.29, 1.82) is 0 Å². The van der Waals surface area contributed by atoms with E-state index in [0.29, 0.717) is 24.3 Å². The van der Waals surface area contributed by atoms with Gasteiger partial charge in [-0.3, -0.25) is 19.2 Å². The van der Waals surface area contributed by atoms with Crippen molar-refractivity contribution in [3.63, 3.8) is 0 Å². The van der Waals surface area contributed by atoms with Crippen LogP contribution in [0.5, 0.6) is 11.5 Å². The molecule has 2 atom stereocenters. The lowest BCUT2D eigenvalue weighted by atomic mass is 9.92. The number of hydrogen-bond acceptors (Lipinski definition) is 6. The van der Waals surface area contributed by atoms with E-state index in [1.54, 1.807) is 19.9 Å². The number of carbonyl (C=O) groups is 4. The van der Waals surface area contributed by atoms with Gasteiger partial charge in [0.05, 0.1) is 12.2 Å². The molecule has 0 aromatic heterocycles.